The lowest BCUT2D eigenvalue weighted by molar-refractivity contribution is 0.00578. The Bertz CT molecular complexity index is 974. The van der Waals surface area contributed by atoms with Crippen LogP contribution in [-0.4, -0.2) is 48.1 Å². The number of likely N-dealkylation sites (tertiary alicyclic amines) is 1. The van der Waals surface area contributed by atoms with Crippen LogP contribution in [0.4, 0.5) is 4.79 Å². The van der Waals surface area contributed by atoms with E-state index in [1.54, 1.807) is 5.56 Å². The lowest BCUT2D eigenvalue weighted by Gasteiger charge is -2.52. The lowest BCUT2D eigenvalue weighted by atomic mass is 9.76. The normalized spacial score (nSPS) is 23.8. The Kier molecular flexibility index (Phi) is 8.08. The van der Waals surface area contributed by atoms with Crippen LogP contribution in [0.2, 0.25) is 0 Å². The number of benzene rings is 2. The number of urea groups is 1. The van der Waals surface area contributed by atoms with Gasteiger partial charge in [-0.15, -0.1) is 0 Å². The molecule has 0 spiro atoms. The van der Waals surface area contributed by atoms with Gasteiger partial charge < -0.3 is 10.2 Å². The Morgan fingerprint density at radius 3 is 2.74 bits per heavy atom. The highest BCUT2D eigenvalue weighted by Crippen LogP contribution is 2.43. The van der Waals surface area contributed by atoms with Gasteiger partial charge in [-0.25, -0.2) is 4.79 Å². The number of hydrogen-bond acceptors (Lipinski definition) is 2. The van der Waals surface area contributed by atoms with Crippen molar-refractivity contribution in [3.63, 3.8) is 0 Å². The predicted molar refractivity (Wildman–Crippen MR) is 144 cm³/mol. The smallest absolute Gasteiger partial charge is 0.317 e. The van der Waals surface area contributed by atoms with E-state index in [0.717, 1.165) is 32.4 Å². The van der Waals surface area contributed by atoms with Crippen molar-refractivity contribution in [1.29, 1.82) is 0 Å². The van der Waals surface area contributed by atoms with Gasteiger partial charge in [0.2, 0.25) is 0 Å². The van der Waals surface area contributed by atoms with Crippen molar-refractivity contribution in [2.24, 2.45) is 5.92 Å². The Balaban J connectivity index is 1.23. The minimum absolute atomic E-state index is 0.141. The van der Waals surface area contributed by atoms with Crippen LogP contribution < -0.4 is 5.32 Å². The molecule has 0 radical (unpaired) electrons. The third-order valence-corrected chi connectivity index (χ3v) is 8.64. The molecule has 1 N–H and O–H groups in total. The molecule has 3 atom stereocenters. The first kappa shape index (κ1) is 24.4. The van der Waals surface area contributed by atoms with E-state index in [1.807, 2.05) is 6.07 Å². The summed E-state index contributed by atoms with van der Waals surface area (Å²) in [6.07, 6.45) is 12.0. The monoisotopic (exact) mass is 473 g/mol. The zero-order chi connectivity index (χ0) is 24.0. The Morgan fingerprint density at radius 1 is 1.00 bits per heavy atom. The van der Waals surface area contributed by atoms with Crippen LogP contribution in [0.1, 0.15) is 80.2 Å². The van der Waals surface area contributed by atoms with E-state index < -0.39 is 0 Å². The van der Waals surface area contributed by atoms with Gasteiger partial charge in [-0.05, 0) is 73.1 Å². The summed E-state index contributed by atoms with van der Waals surface area (Å²) in [5, 5.41) is 3.23. The van der Waals surface area contributed by atoms with Crippen molar-refractivity contribution in [3.8, 4) is 0 Å². The number of unbranched alkanes of at least 4 members (excludes halogenated alkanes) is 3. The van der Waals surface area contributed by atoms with E-state index >= 15 is 0 Å². The molecule has 5 rings (SSSR count). The number of nitrogens with one attached hydrogen (secondary N) is 1. The van der Waals surface area contributed by atoms with Gasteiger partial charge in [0, 0.05) is 38.3 Å². The summed E-state index contributed by atoms with van der Waals surface area (Å²) in [5.41, 5.74) is 5.88. The van der Waals surface area contributed by atoms with Gasteiger partial charge >= 0.3 is 6.03 Å². The molecule has 4 nitrogen and oxygen atoms in total. The molecule has 2 saturated heterocycles. The number of carbonyl (C=O) groups excluding carboxylic acids is 1. The minimum Gasteiger partial charge on any atom is -0.338 e. The van der Waals surface area contributed by atoms with Crippen LogP contribution in [0.25, 0.3) is 0 Å². The van der Waals surface area contributed by atoms with Gasteiger partial charge in [-0.2, -0.15) is 0 Å². The first-order valence-corrected chi connectivity index (χ1v) is 14.2. The largest absolute Gasteiger partial charge is 0.338 e. The zero-order valence-corrected chi connectivity index (χ0v) is 21.6. The minimum atomic E-state index is 0.141. The molecule has 3 aliphatic rings. The molecule has 188 valence electrons. The van der Waals surface area contributed by atoms with E-state index in [9.17, 15) is 4.79 Å². The summed E-state index contributed by atoms with van der Waals surface area (Å²) >= 11 is 0. The van der Waals surface area contributed by atoms with E-state index in [0.29, 0.717) is 24.5 Å². The SMILES string of the molecule is CCCCCCc1ccc2c(c1)CCN1C[C@H]3CCCN(C(=O)NCCc4ccccc4)[C@H]3C[C@H]21. The second-order valence-corrected chi connectivity index (χ2v) is 11.0. The number of aryl methyl sites for hydroxylation is 1. The van der Waals surface area contributed by atoms with Gasteiger partial charge in [-0.1, -0.05) is 74.7 Å². The van der Waals surface area contributed by atoms with Crippen LogP contribution in [0.5, 0.6) is 0 Å². The summed E-state index contributed by atoms with van der Waals surface area (Å²) in [5.74, 6) is 0.610. The molecule has 2 aromatic rings. The standard InChI is InChI=1S/C31H43N3O/c1-2-3-4-6-12-25-14-15-28-26(21-25)17-20-33-23-27-13-9-19-34(29(27)22-30(28)33)31(35)32-18-16-24-10-7-5-8-11-24/h5,7-8,10-11,14-15,21,27,29-30H,2-4,6,9,12-13,16-20,22-23H2,1H3,(H,32,35)/t27-,29+,30-/m1/s1. The summed E-state index contributed by atoms with van der Waals surface area (Å²) in [4.78, 5) is 18.2. The molecule has 0 saturated carbocycles. The first-order chi connectivity index (χ1) is 17.2. The molecule has 2 fully saturated rings. The van der Waals surface area contributed by atoms with Crippen LogP contribution in [0, 0.1) is 5.92 Å². The molecule has 4 heteroatoms. The number of carbonyl (C=O) groups is 1. The number of nitrogens with zero attached hydrogens (tertiary/aromatic N) is 2. The quantitative estimate of drug-likeness (QED) is 0.467. The van der Waals surface area contributed by atoms with Gasteiger partial charge in [-0.3, -0.25) is 4.90 Å². The van der Waals surface area contributed by atoms with Crippen molar-refractivity contribution in [3.05, 3.63) is 70.8 Å². The van der Waals surface area contributed by atoms with Crippen LogP contribution in [0.15, 0.2) is 48.5 Å². The Labute approximate surface area is 212 Å². The maximum Gasteiger partial charge on any atom is 0.317 e. The fraction of sp³-hybridized carbons (Fsp3) is 0.581. The zero-order valence-electron chi connectivity index (χ0n) is 21.6. The number of piperidine rings is 2. The van der Waals surface area contributed by atoms with Gasteiger partial charge in [0.1, 0.15) is 0 Å². The molecular weight excluding hydrogens is 430 g/mol. The summed E-state index contributed by atoms with van der Waals surface area (Å²) in [6, 6.07) is 18.7. The van der Waals surface area contributed by atoms with E-state index in [-0.39, 0.29) is 6.03 Å². The molecule has 0 aromatic heterocycles. The fourth-order valence-electron chi connectivity index (χ4n) is 6.73. The molecule has 0 bridgehead atoms. The van der Waals surface area contributed by atoms with Crippen molar-refractivity contribution < 1.29 is 4.79 Å². The fourth-order valence-corrected chi connectivity index (χ4v) is 6.73. The first-order valence-electron chi connectivity index (χ1n) is 14.2. The number of fused-ring (bicyclic) bond motifs is 4. The average molecular weight is 474 g/mol. The maximum absolute atomic E-state index is 13.2. The average Bonchev–Trinajstić information content (AvgIpc) is 2.90. The summed E-state index contributed by atoms with van der Waals surface area (Å²) in [7, 11) is 0. The number of rotatable bonds is 8. The highest BCUT2D eigenvalue weighted by atomic mass is 16.2. The topological polar surface area (TPSA) is 35.6 Å². The second kappa shape index (κ2) is 11.6. The Morgan fingerprint density at radius 2 is 1.89 bits per heavy atom. The highest BCUT2D eigenvalue weighted by Gasteiger charge is 2.43. The van der Waals surface area contributed by atoms with Crippen molar-refractivity contribution in [2.75, 3.05) is 26.2 Å². The number of amides is 2. The van der Waals surface area contributed by atoms with Gasteiger partial charge in [0.05, 0.1) is 0 Å². The van der Waals surface area contributed by atoms with E-state index in [4.69, 9.17) is 0 Å². The summed E-state index contributed by atoms with van der Waals surface area (Å²) < 4.78 is 0. The maximum atomic E-state index is 13.2. The van der Waals surface area contributed by atoms with Crippen LogP contribution in [0.3, 0.4) is 0 Å². The van der Waals surface area contributed by atoms with Crippen molar-refractivity contribution in [1.82, 2.24) is 15.1 Å². The molecule has 3 aliphatic heterocycles. The molecular formula is C31H43N3O. The third-order valence-electron chi connectivity index (χ3n) is 8.64. The lowest BCUT2D eigenvalue weighted by Crippen LogP contribution is -2.59. The molecule has 0 unspecified atom stereocenters. The van der Waals surface area contributed by atoms with E-state index in [1.165, 1.54) is 68.2 Å². The third kappa shape index (κ3) is 5.74. The molecule has 3 heterocycles. The van der Waals surface area contributed by atoms with Crippen LogP contribution >= 0.6 is 0 Å². The molecule has 35 heavy (non-hydrogen) atoms. The molecule has 2 aromatic carbocycles. The highest BCUT2D eigenvalue weighted by molar-refractivity contribution is 5.74. The molecule has 2 amide bonds. The molecule has 0 aliphatic carbocycles. The van der Waals surface area contributed by atoms with E-state index in [2.05, 4.69) is 64.5 Å². The van der Waals surface area contributed by atoms with Crippen molar-refractivity contribution >= 4 is 6.03 Å². The predicted octanol–water partition coefficient (Wildman–Crippen LogP) is 6.15. The second-order valence-electron chi connectivity index (χ2n) is 11.0. The van der Waals surface area contributed by atoms with Crippen LogP contribution in [-0.2, 0) is 19.3 Å². The van der Waals surface area contributed by atoms with Gasteiger partial charge in [0.15, 0.2) is 0 Å². The summed E-state index contributed by atoms with van der Waals surface area (Å²) in [6.45, 7) is 6.19. The Hall–Kier alpha value is -2.33. The van der Waals surface area contributed by atoms with Gasteiger partial charge in [0.25, 0.3) is 0 Å². The number of hydrogen-bond donors (Lipinski definition) is 1. The van der Waals surface area contributed by atoms with Crippen molar-refractivity contribution in [2.45, 2.75) is 83.2 Å².